The minimum absolute atomic E-state index is 0.0401. The number of benzene rings is 4. The minimum Gasteiger partial charge on any atom is -0.426 e. The van der Waals surface area contributed by atoms with Gasteiger partial charge in [0.15, 0.2) is 0 Å². The number of hydrogen-bond acceptors (Lipinski definition) is 10. The lowest BCUT2D eigenvalue weighted by Crippen LogP contribution is -2.19. The second kappa shape index (κ2) is 15.5. The van der Waals surface area contributed by atoms with Crippen molar-refractivity contribution in [3.8, 4) is 11.5 Å². The van der Waals surface area contributed by atoms with Crippen LogP contribution in [0, 0.1) is 20.2 Å². The number of nitrogens with zero attached hydrogens (tertiary/aromatic N) is 2. The highest BCUT2D eigenvalue weighted by molar-refractivity contribution is 6.35. The highest BCUT2D eigenvalue weighted by Crippen LogP contribution is 2.31. The first kappa shape index (κ1) is 35.6. The smallest absolute Gasteiger partial charge is 0.311 e. The van der Waals surface area contributed by atoms with Crippen LogP contribution in [0.1, 0.15) is 33.6 Å². The molecule has 0 spiro atoms. The van der Waals surface area contributed by atoms with Crippen molar-refractivity contribution in [1.29, 1.82) is 0 Å². The molecule has 0 fully saturated rings. The fraction of sp³-hybridized carbons (Fsp3) is 0.0667. The van der Waals surface area contributed by atoms with E-state index in [0.717, 1.165) is 24.3 Å². The highest BCUT2D eigenvalue weighted by Gasteiger charge is 2.22. The number of amides is 2. The Morgan fingerprint density at radius 2 is 0.958 bits per heavy atom. The van der Waals surface area contributed by atoms with E-state index in [2.05, 4.69) is 10.6 Å². The van der Waals surface area contributed by atoms with Gasteiger partial charge in [-0.25, -0.2) is 0 Å². The maximum Gasteiger partial charge on any atom is 0.311 e. The number of halogens is 4. The minimum atomic E-state index is -0.932. The maximum absolute atomic E-state index is 13.0. The summed E-state index contributed by atoms with van der Waals surface area (Å²) in [5, 5.41) is 26.8. The van der Waals surface area contributed by atoms with Crippen molar-refractivity contribution in [2.45, 2.75) is 12.8 Å². The number of rotatable bonds is 11. The predicted molar refractivity (Wildman–Crippen MR) is 176 cm³/mol. The van der Waals surface area contributed by atoms with Crippen molar-refractivity contribution in [2.24, 2.45) is 0 Å². The summed E-state index contributed by atoms with van der Waals surface area (Å²) in [4.78, 5) is 71.9. The molecule has 4 aromatic rings. The normalized spacial score (nSPS) is 10.5. The van der Waals surface area contributed by atoms with Gasteiger partial charge in [-0.3, -0.25) is 39.4 Å². The lowest BCUT2D eigenvalue weighted by molar-refractivity contribution is -0.385. The third-order valence-corrected chi connectivity index (χ3v) is 7.27. The van der Waals surface area contributed by atoms with E-state index in [4.69, 9.17) is 55.9 Å². The van der Waals surface area contributed by atoms with Crippen molar-refractivity contribution in [1.82, 2.24) is 0 Å². The van der Waals surface area contributed by atoms with E-state index < -0.39 is 46.4 Å². The van der Waals surface area contributed by atoms with E-state index in [1.807, 2.05) is 0 Å². The lowest BCUT2D eigenvalue weighted by Gasteiger charge is -2.13. The van der Waals surface area contributed by atoms with Crippen molar-refractivity contribution >= 4 is 92.9 Å². The van der Waals surface area contributed by atoms with Crippen molar-refractivity contribution in [2.75, 3.05) is 10.6 Å². The predicted octanol–water partition coefficient (Wildman–Crippen LogP) is 7.91. The van der Waals surface area contributed by atoms with Gasteiger partial charge in [0.05, 0.1) is 55.2 Å². The first-order valence-corrected chi connectivity index (χ1v) is 14.7. The lowest BCUT2D eigenvalue weighted by atomic mass is 10.1. The van der Waals surface area contributed by atoms with Crippen LogP contribution in [0.5, 0.6) is 11.5 Å². The van der Waals surface area contributed by atoms with E-state index in [1.165, 1.54) is 48.5 Å². The molecule has 0 bridgehead atoms. The zero-order valence-electron chi connectivity index (χ0n) is 23.8. The second-order valence-electron chi connectivity index (χ2n) is 9.48. The quantitative estimate of drug-likeness (QED) is 0.0660. The molecule has 2 N–H and O–H groups in total. The van der Waals surface area contributed by atoms with Crippen LogP contribution in [0.25, 0.3) is 0 Å². The van der Waals surface area contributed by atoms with Gasteiger partial charge in [-0.15, -0.1) is 0 Å². The molecule has 4 rings (SSSR count). The van der Waals surface area contributed by atoms with Crippen LogP contribution in [0.4, 0.5) is 22.7 Å². The van der Waals surface area contributed by atoms with Gasteiger partial charge in [0.1, 0.15) is 11.5 Å². The Morgan fingerprint density at radius 1 is 0.583 bits per heavy atom. The Bertz CT molecular complexity index is 1850. The van der Waals surface area contributed by atoms with Gasteiger partial charge in [-0.2, -0.15) is 0 Å². The number of esters is 2. The van der Waals surface area contributed by atoms with Crippen molar-refractivity contribution < 1.29 is 38.5 Å². The number of hydrogen-bond donors (Lipinski definition) is 2. The van der Waals surface area contributed by atoms with Crippen LogP contribution in [-0.4, -0.2) is 33.6 Å². The van der Waals surface area contributed by atoms with Gasteiger partial charge in [0.25, 0.3) is 23.2 Å². The molecule has 0 aliphatic rings. The third kappa shape index (κ3) is 9.17. The van der Waals surface area contributed by atoms with Crippen LogP contribution in [0.15, 0.2) is 72.8 Å². The Labute approximate surface area is 289 Å². The summed E-state index contributed by atoms with van der Waals surface area (Å²) < 4.78 is 10.6. The van der Waals surface area contributed by atoms with Crippen LogP contribution in [0.2, 0.25) is 20.1 Å². The Hall–Kier alpha value is -5.28. The molecular weight excluding hydrogens is 718 g/mol. The van der Waals surface area contributed by atoms with Gasteiger partial charge >= 0.3 is 11.9 Å². The molecule has 14 nitrogen and oxygen atoms in total. The Morgan fingerprint density at radius 3 is 1.29 bits per heavy atom. The Kier molecular flexibility index (Phi) is 11.5. The van der Waals surface area contributed by atoms with Crippen LogP contribution < -0.4 is 20.1 Å². The van der Waals surface area contributed by atoms with Gasteiger partial charge in [0, 0.05) is 34.3 Å². The topological polar surface area (TPSA) is 197 Å². The van der Waals surface area contributed by atoms with E-state index in [1.54, 1.807) is 0 Å². The van der Waals surface area contributed by atoms with Crippen molar-refractivity contribution in [3.63, 3.8) is 0 Å². The number of nitrogens with one attached hydrogen (secondary N) is 2. The second-order valence-corrected chi connectivity index (χ2v) is 11.2. The van der Waals surface area contributed by atoms with Gasteiger partial charge in [-0.05, 0) is 48.5 Å². The molecule has 0 saturated heterocycles. The number of carbonyl (C=O) groups excluding carboxylic acids is 4. The molecule has 4 aromatic carbocycles. The number of non-ortho nitro benzene ring substituents is 2. The third-order valence-electron chi connectivity index (χ3n) is 6.18. The molecule has 48 heavy (non-hydrogen) atoms. The largest absolute Gasteiger partial charge is 0.426 e. The number of carbonyl (C=O) groups is 4. The number of nitro benzene ring substituents is 2. The molecule has 0 radical (unpaired) electrons. The summed E-state index contributed by atoms with van der Waals surface area (Å²) in [7, 11) is 0. The SMILES string of the molecule is O=C(CCC(=O)Oc1ccc(Cl)cc1C(=O)Nc1ccc([N+](=O)[O-])cc1Cl)Oc1ccc(Cl)cc1C(=O)Nc1ccc([N+](=O)[O-])cc1Cl. The molecule has 0 unspecified atom stereocenters. The molecule has 0 aliphatic heterocycles. The fourth-order valence-electron chi connectivity index (χ4n) is 3.91. The molecule has 0 atom stereocenters. The molecule has 0 aliphatic carbocycles. The van der Waals surface area contributed by atoms with Crippen LogP contribution in [0.3, 0.4) is 0 Å². The summed E-state index contributed by atoms with van der Waals surface area (Å²) >= 11 is 24.2. The standard InChI is InChI=1S/C30H18Cl4N4O10/c31-15-1-7-25(19(11-15)29(41)35-23-5-3-17(37(43)44)13-21(23)33)47-27(39)9-10-28(40)48-26-8-2-16(32)12-20(26)30(42)36-24-6-4-18(38(45)46)14-22(24)34/h1-8,11-14H,9-10H2,(H,35,41)(H,36,42). The summed E-state index contributed by atoms with van der Waals surface area (Å²) in [6, 6.07) is 14.4. The molecule has 18 heteroatoms. The fourth-order valence-corrected chi connectivity index (χ4v) is 4.69. The van der Waals surface area contributed by atoms with Crippen molar-refractivity contribution in [3.05, 3.63) is 124 Å². The average molecular weight is 736 g/mol. The summed E-state index contributed by atoms with van der Waals surface area (Å²) in [6.45, 7) is 0. The molecule has 0 aromatic heterocycles. The summed E-state index contributed by atoms with van der Waals surface area (Å²) in [5.41, 5.74) is -0.875. The highest BCUT2D eigenvalue weighted by atomic mass is 35.5. The molecule has 0 saturated carbocycles. The molecule has 2 amide bonds. The molecular formula is C30H18Cl4N4O10. The van der Waals surface area contributed by atoms with Gasteiger partial charge < -0.3 is 20.1 Å². The zero-order chi connectivity index (χ0) is 35.1. The van der Waals surface area contributed by atoms with E-state index in [0.29, 0.717) is 0 Å². The molecule has 0 heterocycles. The first-order valence-electron chi connectivity index (χ1n) is 13.2. The monoisotopic (exact) mass is 734 g/mol. The number of nitro groups is 2. The van der Waals surface area contributed by atoms with Crippen LogP contribution in [-0.2, 0) is 9.59 Å². The van der Waals surface area contributed by atoms with Gasteiger partial charge in [0.2, 0.25) is 0 Å². The van der Waals surface area contributed by atoms with E-state index >= 15 is 0 Å². The van der Waals surface area contributed by atoms with Gasteiger partial charge in [-0.1, -0.05) is 46.4 Å². The van der Waals surface area contributed by atoms with E-state index in [-0.39, 0.29) is 65.5 Å². The van der Waals surface area contributed by atoms with Crippen LogP contribution >= 0.6 is 46.4 Å². The zero-order valence-corrected chi connectivity index (χ0v) is 26.9. The first-order chi connectivity index (χ1) is 22.7. The van der Waals surface area contributed by atoms with E-state index in [9.17, 15) is 39.4 Å². The number of anilines is 2. The average Bonchev–Trinajstić information content (AvgIpc) is 3.03. The maximum atomic E-state index is 13.0. The Balaban J connectivity index is 1.40. The summed E-state index contributed by atoms with van der Waals surface area (Å²) in [6.07, 6.45) is -1.02. The molecule has 246 valence electrons. The number of ether oxygens (including phenoxy) is 2. The summed E-state index contributed by atoms with van der Waals surface area (Å²) in [5.74, 6) is -3.90.